The summed E-state index contributed by atoms with van der Waals surface area (Å²) >= 11 is 0. The van der Waals surface area contributed by atoms with Crippen LogP contribution in [0.1, 0.15) is 31.2 Å². The van der Waals surface area contributed by atoms with E-state index in [1.807, 2.05) is 29.2 Å². The van der Waals surface area contributed by atoms with Gasteiger partial charge in [0, 0.05) is 19.0 Å². The molecule has 1 fully saturated rings. The van der Waals surface area contributed by atoms with Gasteiger partial charge in [0.15, 0.2) is 0 Å². The number of nitrogens with two attached hydrogens (primary N) is 1. The van der Waals surface area contributed by atoms with Gasteiger partial charge in [-0.05, 0) is 37.0 Å². The third-order valence-electron chi connectivity index (χ3n) is 3.87. The first-order valence-corrected chi connectivity index (χ1v) is 7.31. The predicted octanol–water partition coefficient (Wildman–Crippen LogP) is 1.49. The van der Waals surface area contributed by atoms with E-state index in [0.717, 1.165) is 30.6 Å². The highest BCUT2D eigenvalue weighted by Crippen LogP contribution is 2.21. The number of methoxy groups -OCH3 is 1. The molecule has 114 valence electrons. The maximum absolute atomic E-state index is 12.5. The number of primary amides is 1. The Morgan fingerprint density at radius 1 is 1.38 bits per heavy atom. The molecule has 0 spiro atoms. The summed E-state index contributed by atoms with van der Waals surface area (Å²) in [5.74, 6) is 0.447. The number of hydrogen-bond donors (Lipinski definition) is 1. The van der Waals surface area contributed by atoms with Crippen LogP contribution in [0.15, 0.2) is 24.3 Å². The van der Waals surface area contributed by atoms with Crippen LogP contribution in [0, 0.1) is 0 Å². The van der Waals surface area contributed by atoms with Crippen molar-refractivity contribution in [2.45, 2.75) is 38.1 Å². The Kier molecular flexibility index (Phi) is 5.20. The molecule has 1 heterocycles. The summed E-state index contributed by atoms with van der Waals surface area (Å²) in [6, 6.07) is 7.45. The zero-order valence-electron chi connectivity index (χ0n) is 12.4. The summed E-state index contributed by atoms with van der Waals surface area (Å²) in [4.78, 5) is 25.5. The van der Waals surface area contributed by atoms with Gasteiger partial charge in [0.25, 0.3) is 0 Å². The second-order valence-corrected chi connectivity index (χ2v) is 5.44. The van der Waals surface area contributed by atoms with Gasteiger partial charge in [0.05, 0.1) is 13.5 Å². The van der Waals surface area contributed by atoms with Gasteiger partial charge >= 0.3 is 0 Å². The summed E-state index contributed by atoms with van der Waals surface area (Å²) < 4.78 is 5.17. The zero-order chi connectivity index (χ0) is 15.2. The second kappa shape index (κ2) is 7.11. The maximum Gasteiger partial charge on any atom is 0.227 e. The molecular weight excluding hydrogens is 268 g/mol. The number of ether oxygens (including phenoxy) is 1. The maximum atomic E-state index is 12.5. The fraction of sp³-hybridized carbons (Fsp3) is 0.500. The van der Waals surface area contributed by atoms with Crippen molar-refractivity contribution in [3.05, 3.63) is 29.8 Å². The van der Waals surface area contributed by atoms with Crippen molar-refractivity contribution < 1.29 is 14.3 Å². The number of piperidine rings is 1. The molecule has 1 aliphatic heterocycles. The highest BCUT2D eigenvalue weighted by Gasteiger charge is 2.27. The van der Waals surface area contributed by atoms with Crippen molar-refractivity contribution in [2.24, 2.45) is 5.73 Å². The molecule has 1 saturated heterocycles. The predicted molar refractivity (Wildman–Crippen MR) is 79.9 cm³/mol. The molecular formula is C16H22N2O3. The Hall–Kier alpha value is -2.04. The van der Waals surface area contributed by atoms with Crippen LogP contribution in [0.2, 0.25) is 0 Å². The third-order valence-corrected chi connectivity index (χ3v) is 3.87. The minimum atomic E-state index is -0.346. The SMILES string of the molecule is COc1cccc(CC(=O)N2CCCC[C@@H]2CC(N)=O)c1. The monoisotopic (exact) mass is 290 g/mol. The topological polar surface area (TPSA) is 72.6 Å². The summed E-state index contributed by atoms with van der Waals surface area (Å²) in [7, 11) is 1.61. The van der Waals surface area contributed by atoms with Crippen LogP contribution in [0.5, 0.6) is 5.75 Å². The van der Waals surface area contributed by atoms with Crippen molar-refractivity contribution >= 4 is 11.8 Å². The van der Waals surface area contributed by atoms with Crippen LogP contribution in [0.3, 0.4) is 0 Å². The Bertz CT molecular complexity index is 516. The fourth-order valence-corrected chi connectivity index (χ4v) is 2.83. The first-order valence-electron chi connectivity index (χ1n) is 7.31. The number of benzene rings is 1. The van der Waals surface area contributed by atoms with E-state index < -0.39 is 0 Å². The number of carbonyl (C=O) groups excluding carboxylic acids is 2. The summed E-state index contributed by atoms with van der Waals surface area (Å²) in [6.07, 6.45) is 3.46. The van der Waals surface area contributed by atoms with Crippen LogP contribution in [-0.4, -0.2) is 36.4 Å². The van der Waals surface area contributed by atoms with E-state index in [4.69, 9.17) is 10.5 Å². The third kappa shape index (κ3) is 4.21. The summed E-state index contributed by atoms with van der Waals surface area (Å²) in [5.41, 5.74) is 6.20. The highest BCUT2D eigenvalue weighted by molar-refractivity contribution is 5.81. The van der Waals surface area contributed by atoms with Crippen LogP contribution < -0.4 is 10.5 Å². The van der Waals surface area contributed by atoms with E-state index in [9.17, 15) is 9.59 Å². The molecule has 1 aliphatic rings. The molecule has 2 N–H and O–H groups in total. The van der Waals surface area contributed by atoms with Gasteiger partial charge < -0.3 is 15.4 Å². The van der Waals surface area contributed by atoms with Crippen molar-refractivity contribution in [2.75, 3.05) is 13.7 Å². The lowest BCUT2D eigenvalue weighted by molar-refractivity contribution is -0.135. The summed E-state index contributed by atoms with van der Waals surface area (Å²) in [5, 5.41) is 0. The minimum Gasteiger partial charge on any atom is -0.497 e. The minimum absolute atomic E-state index is 0.0469. The van der Waals surface area contributed by atoms with Gasteiger partial charge in [-0.25, -0.2) is 0 Å². The zero-order valence-corrected chi connectivity index (χ0v) is 12.4. The average Bonchev–Trinajstić information content (AvgIpc) is 2.47. The molecule has 5 heteroatoms. The molecule has 2 amide bonds. The Balaban J connectivity index is 2.04. The molecule has 0 aliphatic carbocycles. The smallest absolute Gasteiger partial charge is 0.227 e. The fourth-order valence-electron chi connectivity index (χ4n) is 2.83. The Morgan fingerprint density at radius 3 is 2.90 bits per heavy atom. The van der Waals surface area contributed by atoms with Gasteiger partial charge in [-0.1, -0.05) is 12.1 Å². The number of nitrogens with zero attached hydrogens (tertiary/aromatic N) is 1. The average molecular weight is 290 g/mol. The van der Waals surface area contributed by atoms with Crippen LogP contribution in [-0.2, 0) is 16.0 Å². The molecule has 5 nitrogen and oxygen atoms in total. The summed E-state index contributed by atoms with van der Waals surface area (Å²) in [6.45, 7) is 0.709. The standard InChI is InChI=1S/C16H22N2O3/c1-21-14-7-4-5-12(9-14)10-16(20)18-8-3-2-6-13(18)11-15(17)19/h4-5,7,9,13H,2-3,6,8,10-11H2,1H3,(H2,17,19)/t13-/m1/s1. The number of amides is 2. The first kappa shape index (κ1) is 15.4. The molecule has 0 saturated carbocycles. The van der Waals surface area contributed by atoms with E-state index in [-0.39, 0.29) is 24.3 Å². The lowest BCUT2D eigenvalue weighted by Gasteiger charge is -2.35. The molecule has 1 aromatic rings. The highest BCUT2D eigenvalue weighted by atomic mass is 16.5. The molecule has 0 radical (unpaired) electrons. The molecule has 1 atom stereocenters. The normalized spacial score (nSPS) is 18.3. The van der Waals surface area contributed by atoms with Gasteiger partial charge in [0.1, 0.15) is 5.75 Å². The van der Waals surface area contributed by atoms with E-state index >= 15 is 0 Å². The van der Waals surface area contributed by atoms with Crippen molar-refractivity contribution in [3.8, 4) is 5.75 Å². The number of rotatable bonds is 5. The van der Waals surface area contributed by atoms with E-state index in [1.165, 1.54) is 0 Å². The van der Waals surface area contributed by atoms with Crippen molar-refractivity contribution in [1.29, 1.82) is 0 Å². The van der Waals surface area contributed by atoms with E-state index in [0.29, 0.717) is 13.0 Å². The van der Waals surface area contributed by atoms with E-state index in [1.54, 1.807) is 7.11 Å². The molecule has 1 aromatic carbocycles. The van der Waals surface area contributed by atoms with Gasteiger partial charge in [0.2, 0.25) is 11.8 Å². The molecule has 2 rings (SSSR count). The molecule has 21 heavy (non-hydrogen) atoms. The van der Waals surface area contributed by atoms with Gasteiger partial charge in [-0.15, -0.1) is 0 Å². The van der Waals surface area contributed by atoms with Gasteiger partial charge in [-0.2, -0.15) is 0 Å². The second-order valence-electron chi connectivity index (χ2n) is 5.44. The van der Waals surface area contributed by atoms with Crippen LogP contribution in [0.4, 0.5) is 0 Å². The Labute approximate surface area is 125 Å². The lowest BCUT2D eigenvalue weighted by Crippen LogP contribution is -2.46. The number of hydrogen-bond acceptors (Lipinski definition) is 3. The quantitative estimate of drug-likeness (QED) is 0.893. The number of likely N-dealkylation sites (tertiary alicyclic amines) is 1. The first-order chi connectivity index (χ1) is 10.1. The Morgan fingerprint density at radius 2 is 2.19 bits per heavy atom. The van der Waals surface area contributed by atoms with E-state index in [2.05, 4.69) is 0 Å². The molecule has 0 aromatic heterocycles. The number of carbonyl (C=O) groups is 2. The van der Waals surface area contributed by atoms with Crippen molar-refractivity contribution in [1.82, 2.24) is 4.90 Å². The van der Waals surface area contributed by atoms with Crippen molar-refractivity contribution in [3.63, 3.8) is 0 Å². The molecule has 0 unspecified atom stereocenters. The largest absolute Gasteiger partial charge is 0.497 e. The lowest BCUT2D eigenvalue weighted by atomic mass is 9.98. The van der Waals surface area contributed by atoms with Crippen LogP contribution >= 0.6 is 0 Å². The molecule has 0 bridgehead atoms. The van der Waals surface area contributed by atoms with Gasteiger partial charge in [-0.3, -0.25) is 9.59 Å². The van der Waals surface area contributed by atoms with Crippen LogP contribution in [0.25, 0.3) is 0 Å².